The Bertz CT molecular complexity index is 978. The van der Waals surface area contributed by atoms with Gasteiger partial charge in [-0.05, 0) is 49.8 Å². The zero-order chi connectivity index (χ0) is 20.5. The number of carbonyl (C=O) groups excluding carboxylic acids is 2. The number of piperidine rings is 1. The fraction of sp³-hybridized carbons (Fsp3) is 0.333. The van der Waals surface area contributed by atoms with E-state index in [-0.39, 0.29) is 24.3 Å². The number of nitrogens with zero attached hydrogens (tertiary/aromatic N) is 2. The highest BCUT2D eigenvalue weighted by atomic mass is 16.3. The van der Waals surface area contributed by atoms with Crippen molar-refractivity contribution in [1.29, 1.82) is 0 Å². The second-order valence-corrected chi connectivity index (χ2v) is 7.96. The van der Waals surface area contributed by atoms with Crippen LogP contribution in [0.1, 0.15) is 29.5 Å². The molecule has 2 amide bonds. The third-order valence-electron chi connectivity index (χ3n) is 5.85. The van der Waals surface area contributed by atoms with Crippen molar-refractivity contribution in [2.45, 2.75) is 26.7 Å². The summed E-state index contributed by atoms with van der Waals surface area (Å²) in [6, 6.07) is 15.2. The number of carbonyl (C=O) groups is 2. The third kappa shape index (κ3) is 3.47. The molecule has 1 atom stereocenters. The summed E-state index contributed by atoms with van der Waals surface area (Å²) in [5.74, 6) is -0.446. The molecule has 29 heavy (non-hydrogen) atoms. The standard InChI is InChI=1S/C24H26N2O3/c1-16-9-11-19(12-10-16)21-22(25-13-5-7-18(14-25)15-27)24(29)26(23(21)28)20-8-4-3-6-17(20)2/h3-4,6,8-12,18,27H,5,7,13-15H2,1-2H3. The zero-order valence-electron chi connectivity index (χ0n) is 16.9. The first-order valence-corrected chi connectivity index (χ1v) is 10.1. The molecule has 2 aromatic carbocycles. The predicted molar refractivity (Wildman–Crippen MR) is 113 cm³/mol. The van der Waals surface area contributed by atoms with E-state index < -0.39 is 0 Å². The van der Waals surface area contributed by atoms with Gasteiger partial charge in [0.1, 0.15) is 5.70 Å². The summed E-state index contributed by atoms with van der Waals surface area (Å²) in [6.07, 6.45) is 1.82. The molecule has 1 saturated heterocycles. The summed E-state index contributed by atoms with van der Waals surface area (Å²) >= 11 is 0. The lowest BCUT2D eigenvalue weighted by molar-refractivity contribution is -0.120. The van der Waals surface area contributed by atoms with Gasteiger partial charge in [-0.15, -0.1) is 0 Å². The van der Waals surface area contributed by atoms with Gasteiger partial charge in [0.05, 0.1) is 11.3 Å². The molecule has 1 unspecified atom stereocenters. The Morgan fingerprint density at radius 2 is 1.72 bits per heavy atom. The number of benzene rings is 2. The highest BCUT2D eigenvalue weighted by Gasteiger charge is 2.43. The minimum atomic E-state index is -0.283. The molecule has 5 nitrogen and oxygen atoms in total. The number of para-hydroxylation sites is 1. The molecule has 2 aromatic rings. The maximum Gasteiger partial charge on any atom is 0.282 e. The van der Waals surface area contributed by atoms with Gasteiger partial charge in [-0.3, -0.25) is 9.59 Å². The second kappa shape index (κ2) is 7.84. The first-order valence-electron chi connectivity index (χ1n) is 10.1. The van der Waals surface area contributed by atoms with Crippen molar-refractivity contribution in [2.75, 3.05) is 24.6 Å². The minimum absolute atomic E-state index is 0.0906. The number of aliphatic hydroxyl groups is 1. The van der Waals surface area contributed by atoms with E-state index in [0.717, 1.165) is 29.5 Å². The highest BCUT2D eigenvalue weighted by molar-refractivity contribution is 6.45. The highest BCUT2D eigenvalue weighted by Crippen LogP contribution is 2.37. The van der Waals surface area contributed by atoms with Crippen LogP contribution in [0.5, 0.6) is 0 Å². The molecule has 1 N–H and O–H groups in total. The summed E-state index contributed by atoms with van der Waals surface area (Å²) in [6.45, 7) is 5.29. The van der Waals surface area contributed by atoms with Crippen molar-refractivity contribution < 1.29 is 14.7 Å². The topological polar surface area (TPSA) is 60.9 Å². The van der Waals surface area contributed by atoms with Crippen LogP contribution < -0.4 is 4.90 Å². The molecular weight excluding hydrogens is 364 g/mol. The van der Waals surface area contributed by atoms with Crippen LogP contribution in [0.4, 0.5) is 5.69 Å². The Labute approximate surface area is 171 Å². The molecule has 150 valence electrons. The summed E-state index contributed by atoms with van der Waals surface area (Å²) in [7, 11) is 0. The summed E-state index contributed by atoms with van der Waals surface area (Å²) in [5, 5.41) is 9.64. The van der Waals surface area contributed by atoms with Crippen LogP contribution in [0.15, 0.2) is 54.2 Å². The fourth-order valence-corrected chi connectivity index (χ4v) is 4.24. The van der Waals surface area contributed by atoms with Gasteiger partial charge >= 0.3 is 0 Å². The van der Waals surface area contributed by atoms with Gasteiger partial charge in [0, 0.05) is 19.7 Å². The summed E-state index contributed by atoms with van der Waals surface area (Å²) in [5.41, 5.74) is 4.27. The van der Waals surface area contributed by atoms with Gasteiger partial charge in [-0.25, -0.2) is 4.90 Å². The second-order valence-electron chi connectivity index (χ2n) is 7.96. The lowest BCUT2D eigenvalue weighted by atomic mass is 9.96. The molecule has 0 radical (unpaired) electrons. The van der Waals surface area contributed by atoms with Crippen molar-refractivity contribution in [1.82, 2.24) is 4.90 Å². The normalized spacial score (nSPS) is 20.0. The van der Waals surface area contributed by atoms with Crippen LogP contribution in [0.2, 0.25) is 0 Å². The van der Waals surface area contributed by atoms with Crippen molar-refractivity contribution in [3.63, 3.8) is 0 Å². The molecule has 1 fully saturated rings. The lowest BCUT2D eigenvalue weighted by Gasteiger charge is -2.34. The molecule has 0 aliphatic carbocycles. The van der Waals surface area contributed by atoms with Crippen LogP contribution in [0.25, 0.3) is 5.57 Å². The van der Waals surface area contributed by atoms with Gasteiger partial charge in [0.25, 0.3) is 11.8 Å². The van der Waals surface area contributed by atoms with Gasteiger partial charge < -0.3 is 10.0 Å². The van der Waals surface area contributed by atoms with E-state index >= 15 is 0 Å². The molecule has 2 aliphatic rings. The Balaban J connectivity index is 1.83. The number of rotatable bonds is 4. The third-order valence-corrected chi connectivity index (χ3v) is 5.85. The van der Waals surface area contributed by atoms with E-state index in [2.05, 4.69) is 0 Å². The number of likely N-dealkylation sites (tertiary alicyclic amines) is 1. The van der Waals surface area contributed by atoms with Crippen LogP contribution in [0.3, 0.4) is 0 Å². The molecule has 5 heteroatoms. The molecule has 0 aromatic heterocycles. The lowest BCUT2D eigenvalue weighted by Crippen LogP contribution is -2.40. The molecule has 0 saturated carbocycles. The minimum Gasteiger partial charge on any atom is -0.396 e. The van der Waals surface area contributed by atoms with Crippen LogP contribution in [0, 0.1) is 19.8 Å². The van der Waals surface area contributed by atoms with E-state index in [1.807, 2.05) is 67.3 Å². The molecule has 0 bridgehead atoms. The fourth-order valence-electron chi connectivity index (χ4n) is 4.24. The van der Waals surface area contributed by atoms with Gasteiger partial charge in [-0.1, -0.05) is 48.0 Å². The van der Waals surface area contributed by atoms with Crippen molar-refractivity contribution in [2.24, 2.45) is 5.92 Å². The number of hydrogen-bond acceptors (Lipinski definition) is 4. The monoisotopic (exact) mass is 390 g/mol. The van der Waals surface area contributed by atoms with E-state index in [0.29, 0.717) is 30.0 Å². The number of amides is 2. The van der Waals surface area contributed by atoms with Crippen molar-refractivity contribution in [3.8, 4) is 0 Å². The summed E-state index contributed by atoms with van der Waals surface area (Å²) in [4.78, 5) is 30.4. The average molecular weight is 390 g/mol. The number of hydrogen-bond donors (Lipinski definition) is 1. The molecule has 0 spiro atoms. The molecular formula is C24H26N2O3. The first kappa shape index (κ1) is 19.4. The van der Waals surface area contributed by atoms with Gasteiger partial charge in [-0.2, -0.15) is 0 Å². The van der Waals surface area contributed by atoms with Crippen LogP contribution >= 0.6 is 0 Å². The van der Waals surface area contributed by atoms with Crippen LogP contribution in [-0.2, 0) is 9.59 Å². The zero-order valence-corrected chi connectivity index (χ0v) is 16.9. The van der Waals surface area contributed by atoms with Crippen LogP contribution in [-0.4, -0.2) is 41.5 Å². The van der Waals surface area contributed by atoms with Gasteiger partial charge in [0.15, 0.2) is 0 Å². The van der Waals surface area contributed by atoms with Crippen molar-refractivity contribution >= 4 is 23.1 Å². The maximum atomic E-state index is 13.6. The number of imide groups is 1. The molecule has 4 rings (SSSR count). The number of anilines is 1. The SMILES string of the molecule is Cc1ccc(C2=C(N3CCCC(CO)C3)C(=O)N(c3ccccc3C)C2=O)cc1. The molecule has 2 heterocycles. The quantitative estimate of drug-likeness (QED) is 0.814. The van der Waals surface area contributed by atoms with E-state index in [1.54, 1.807) is 0 Å². The smallest absolute Gasteiger partial charge is 0.282 e. The molecule has 2 aliphatic heterocycles. The Morgan fingerprint density at radius 1 is 1.00 bits per heavy atom. The van der Waals surface area contributed by atoms with E-state index in [4.69, 9.17) is 0 Å². The Hall–Kier alpha value is -2.92. The summed E-state index contributed by atoms with van der Waals surface area (Å²) < 4.78 is 0. The largest absolute Gasteiger partial charge is 0.396 e. The Morgan fingerprint density at radius 3 is 2.41 bits per heavy atom. The van der Waals surface area contributed by atoms with E-state index in [1.165, 1.54) is 4.90 Å². The predicted octanol–water partition coefficient (Wildman–Crippen LogP) is 3.29. The maximum absolute atomic E-state index is 13.6. The van der Waals surface area contributed by atoms with Crippen molar-refractivity contribution in [3.05, 3.63) is 70.9 Å². The average Bonchev–Trinajstić information content (AvgIpc) is 2.99. The number of aliphatic hydroxyl groups excluding tert-OH is 1. The van der Waals surface area contributed by atoms with E-state index in [9.17, 15) is 14.7 Å². The van der Waals surface area contributed by atoms with Gasteiger partial charge in [0.2, 0.25) is 0 Å². The first-order chi connectivity index (χ1) is 14.0. The Kier molecular flexibility index (Phi) is 5.24. The number of aryl methyl sites for hydroxylation is 2.